The maximum absolute atomic E-state index is 14.6. The predicted molar refractivity (Wildman–Crippen MR) is 232 cm³/mol. The molecular formula is C51H53ClN2O5. The van der Waals surface area contributed by atoms with Crippen LogP contribution in [0.15, 0.2) is 127 Å². The smallest absolute Gasteiger partial charge is 0.407 e. The molecule has 5 aromatic rings. The molecule has 3 aliphatic rings. The Labute approximate surface area is 353 Å². The fraction of sp³-hybridized carbons (Fsp3) is 0.353. The highest BCUT2D eigenvalue weighted by molar-refractivity contribution is 6.31. The quantitative estimate of drug-likeness (QED) is 0.106. The molecule has 59 heavy (non-hydrogen) atoms. The van der Waals surface area contributed by atoms with Crippen LogP contribution in [-0.4, -0.2) is 48.6 Å². The summed E-state index contributed by atoms with van der Waals surface area (Å²) >= 11 is 7.03. The fourth-order valence-electron chi connectivity index (χ4n) is 9.55. The maximum Gasteiger partial charge on any atom is 0.407 e. The third kappa shape index (κ3) is 8.82. The number of benzene rings is 5. The highest BCUT2D eigenvalue weighted by Gasteiger charge is 2.43. The molecule has 1 unspecified atom stereocenters. The molecule has 0 aromatic heterocycles. The first-order valence-electron chi connectivity index (χ1n) is 21.5. The SMILES string of the molecule is O=C(C[C@H](NC(=O)OCC1c2ccccc2-c2ccccc21)C(=O)N1CCCC1)OC(c1ccccc1)(c1ccc(C2CCCCCCCC2)cc1)c1ccccc1Cl. The minimum Gasteiger partial charge on any atom is -0.449 e. The van der Waals surface area contributed by atoms with Crippen molar-refractivity contribution in [1.82, 2.24) is 10.2 Å². The number of hydrogen-bond acceptors (Lipinski definition) is 5. The van der Waals surface area contributed by atoms with Crippen LogP contribution in [0.3, 0.4) is 0 Å². The Bertz CT molecular complexity index is 2180. The number of likely N-dealkylation sites (tertiary alicyclic amines) is 1. The number of amides is 2. The lowest BCUT2D eigenvalue weighted by atomic mass is 9.78. The number of carbonyl (C=O) groups is 3. The number of fused-ring (bicyclic) bond motifs is 3. The van der Waals surface area contributed by atoms with Crippen LogP contribution >= 0.6 is 11.6 Å². The van der Waals surface area contributed by atoms with E-state index in [1.165, 1.54) is 44.1 Å². The predicted octanol–water partition coefficient (Wildman–Crippen LogP) is 11.3. The minimum absolute atomic E-state index is 0.0788. The van der Waals surface area contributed by atoms with Crippen LogP contribution in [0.4, 0.5) is 4.79 Å². The summed E-state index contributed by atoms with van der Waals surface area (Å²) in [6.07, 6.45) is 10.5. The Balaban J connectivity index is 1.08. The topological polar surface area (TPSA) is 84.9 Å². The van der Waals surface area contributed by atoms with Gasteiger partial charge in [-0.25, -0.2) is 4.79 Å². The average molecular weight is 809 g/mol. The van der Waals surface area contributed by atoms with E-state index in [-0.39, 0.29) is 18.4 Å². The van der Waals surface area contributed by atoms with E-state index in [0.717, 1.165) is 53.5 Å². The lowest BCUT2D eigenvalue weighted by molar-refractivity contribution is -0.156. The normalized spacial score (nSPS) is 17.3. The Morgan fingerprint density at radius 3 is 1.86 bits per heavy atom. The molecule has 8 rings (SSSR count). The van der Waals surface area contributed by atoms with E-state index in [4.69, 9.17) is 21.1 Å². The van der Waals surface area contributed by atoms with Crippen LogP contribution in [0.25, 0.3) is 11.1 Å². The standard InChI is InChI=1S/C51H53ClN2O5/c52-46-27-15-14-26-45(46)51(38-20-8-5-9-21-38,39-30-28-37(29-31-39)36-18-6-3-1-2-4-7-19-36)59-48(55)34-47(49(56)54-32-16-17-33-54)53-50(57)58-35-44-42-24-12-10-22-40(42)41-23-11-13-25-43(41)44/h5,8-15,20-31,36,44,47H,1-4,6-7,16-19,32-35H2,(H,53,57)/t47-,51?/m0/s1. The van der Waals surface area contributed by atoms with Gasteiger partial charge in [-0.1, -0.05) is 171 Å². The fourth-order valence-corrected chi connectivity index (χ4v) is 9.81. The van der Waals surface area contributed by atoms with Crippen molar-refractivity contribution in [1.29, 1.82) is 0 Å². The molecule has 0 spiro atoms. The van der Waals surface area contributed by atoms with Crippen LogP contribution in [0.1, 0.15) is 116 Å². The summed E-state index contributed by atoms with van der Waals surface area (Å²) in [5.74, 6) is -0.686. The molecule has 1 saturated carbocycles. The van der Waals surface area contributed by atoms with E-state index in [1.807, 2.05) is 72.8 Å². The average Bonchev–Trinajstić information content (AvgIpc) is 3.95. The summed E-state index contributed by atoms with van der Waals surface area (Å²) in [5, 5.41) is 3.23. The molecule has 7 nitrogen and oxygen atoms in total. The number of rotatable bonds is 11. The number of esters is 1. The summed E-state index contributed by atoms with van der Waals surface area (Å²) in [7, 11) is 0. The second kappa shape index (κ2) is 18.7. The van der Waals surface area contributed by atoms with E-state index in [1.54, 1.807) is 11.0 Å². The molecular weight excluding hydrogens is 756 g/mol. The van der Waals surface area contributed by atoms with Crippen LogP contribution < -0.4 is 5.32 Å². The number of alkyl carbamates (subject to hydrolysis) is 1. The third-order valence-electron chi connectivity index (χ3n) is 12.6. The largest absolute Gasteiger partial charge is 0.449 e. The van der Waals surface area contributed by atoms with Gasteiger partial charge in [-0.15, -0.1) is 0 Å². The van der Waals surface area contributed by atoms with Crippen LogP contribution in [0.2, 0.25) is 5.02 Å². The van der Waals surface area contributed by atoms with E-state index in [2.05, 4.69) is 53.8 Å². The van der Waals surface area contributed by atoms with Gasteiger partial charge in [-0.3, -0.25) is 9.59 Å². The first kappa shape index (κ1) is 40.4. The van der Waals surface area contributed by atoms with Crippen molar-refractivity contribution in [3.05, 3.63) is 166 Å². The van der Waals surface area contributed by atoms with E-state index < -0.39 is 30.1 Å². The van der Waals surface area contributed by atoms with Gasteiger partial charge in [-0.2, -0.15) is 0 Å². The van der Waals surface area contributed by atoms with Gasteiger partial charge in [0, 0.05) is 40.7 Å². The summed E-state index contributed by atoms with van der Waals surface area (Å²) in [6, 6.07) is 40.6. The van der Waals surface area contributed by atoms with Crippen LogP contribution in [0.5, 0.6) is 0 Å². The zero-order valence-corrected chi connectivity index (χ0v) is 34.4. The Morgan fingerprint density at radius 2 is 1.22 bits per heavy atom. The number of nitrogens with zero attached hydrogens (tertiary/aromatic N) is 1. The summed E-state index contributed by atoms with van der Waals surface area (Å²) in [6.45, 7) is 1.19. The highest BCUT2D eigenvalue weighted by atomic mass is 35.5. The van der Waals surface area contributed by atoms with Crippen LogP contribution in [-0.2, 0) is 24.7 Å². The number of halogens is 1. The molecule has 8 heteroatoms. The number of hydrogen-bond donors (Lipinski definition) is 1. The minimum atomic E-state index is -1.46. The van der Waals surface area contributed by atoms with Crippen molar-refractivity contribution < 1.29 is 23.9 Å². The van der Waals surface area contributed by atoms with Crippen LogP contribution in [0, 0.1) is 0 Å². The van der Waals surface area contributed by atoms with Gasteiger partial charge in [0.2, 0.25) is 5.91 Å². The van der Waals surface area contributed by atoms with E-state index in [0.29, 0.717) is 35.2 Å². The third-order valence-corrected chi connectivity index (χ3v) is 12.9. The molecule has 2 amide bonds. The maximum atomic E-state index is 14.6. The molecule has 1 N–H and O–H groups in total. The lowest BCUT2D eigenvalue weighted by Crippen LogP contribution is -2.49. The van der Waals surface area contributed by atoms with Crippen molar-refractivity contribution in [2.75, 3.05) is 19.7 Å². The summed E-state index contributed by atoms with van der Waals surface area (Å²) in [5.41, 5.74) is 6.28. The van der Waals surface area contributed by atoms with Crippen molar-refractivity contribution in [3.63, 3.8) is 0 Å². The zero-order chi connectivity index (χ0) is 40.6. The molecule has 304 valence electrons. The van der Waals surface area contributed by atoms with Gasteiger partial charge in [0.25, 0.3) is 0 Å². The van der Waals surface area contributed by atoms with Crippen molar-refractivity contribution in [2.45, 2.75) is 94.1 Å². The highest BCUT2D eigenvalue weighted by Crippen LogP contribution is 2.46. The van der Waals surface area contributed by atoms with Gasteiger partial charge in [0.1, 0.15) is 12.6 Å². The summed E-state index contributed by atoms with van der Waals surface area (Å²) < 4.78 is 12.7. The van der Waals surface area contributed by atoms with Gasteiger partial charge >= 0.3 is 12.1 Å². The lowest BCUT2D eigenvalue weighted by Gasteiger charge is -2.36. The number of nitrogens with one attached hydrogen (secondary N) is 1. The molecule has 1 saturated heterocycles. The van der Waals surface area contributed by atoms with Gasteiger partial charge in [0.05, 0.1) is 6.42 Å². The van der Waals surface area contributed by atoms with E-state index in [9.17, 15) is 14.4 Å². The van der Waals surface area contributed by atoms with Crippen molar-refractivity contribution in [2.24, 2.45) is 0 Å². The zero-order valence-electron chi connectivity index (χ0n) is 33.6. The first-order valence-corrected chi connectivity index (χ1v) is 21.8. The van der Waals surface area contributed by atoms with Crippen molar-refractivity contribution >= 4 is 29.6 Å². The van der Waals surface area contributed by atoms with E-state index >= 15 is 0 Å². The molecule has 1 aliphatic heterocycles. The summed E-state index contributed by atoms with van der Waals surface area (Å²) in [4.78, 5) is 44.1. The molecule has 2 atom stereocenters. The first-order chi connectivity index (χ1) is 28.9. The molecule has 1 heterocycles. The second-order valence-corrected chi connectivity index (χ2v) is 16.7. The Kier molecular flexibility index (Phi) is 12.8. The molecule has 0 radical (unpaired) electrons. The number of ether oxygens (including phenoxy) is 2. The second-order valence-electron chi connectivity index (χ2n) is 16.3. The molecule has 2 aliphatic carbocycles. The monoisotopic (exact) mass is 808 g/mol. The van der Waals surface area contributed by atoms with Crippen molar-refractivity contribution in [3.8, 4) is 11.1 Å². The molecule has 2 fully saturated rings. The molecule has 0 bridgehead atoms. The Morgan fingerprint density at radius 1 is 0.661 bits per heavy atom. The van der Waals surface area contributed by atoms with Gasteiger partial charge < -0.3 is 19.7 Å². The van der Waals surface area contributed by atoms with Gasteiger partial charge in [-0.05, 0) is 65.5 Å². The molecule has 5 aromatic carbocycles. The number of carbonyl (C=O) groups excluding carboxylic acids is 3. The Hall–Kier alpha value is -5.40. The van der Waals surface area contributed by atoms with Gasteiger partial charge in [0.15, 0.2) is 5.60 Å².